The van der Waals surface area contributed by atoms with Crippen LogP contribution in [0.3, 0.4) is 0 Å². The number of anilines is 1. The zero-order valence-electron chi connectivity index (χ0n) is 16.6. The van der Waals surface area contributed by atoms with E-state index in [9.17, 15) is 9.59 Å². The quantitative estimate of drug-likeness (QED) is 0.586. The van der Waals surface area contributed by atoms with E-state index in [0.29, 0.717) is 22.3 Å². The Labute approximate surface area is 178 Å². The molecule has 1 amide bonds. The molecule has 6 nitrogen and oxygen atoms in total. The van der Waals surface area contributed by atoms with Crippen LogP contribution in [0.2, 0.25) is 0 Å². The third-order valence-corrected chi connectivity index (χ3v) is 5.80. The first-order chi connectivity index (χ1) is 14.7. The summed E-state index contributed by atoms with van der Waals surface area (Å²) in [4.78, 5) is 30.0. The number of thiazole rings is 1. The topological polar surface area (TPSA) is 77.5 Å². The Morgan fingerprint density at radius 2 is 1.93 bits per heavy atom. The number of hydrogen-bond acceptors (Lipinski definition) is 6. The van der Waals surface area contributed by atoms with Gasteiger partial charge in [-0.05, 0) is 24.5 Å². The number of aromatic nitrogens is 1. The summed E-state index contributed by atoms with van der Waals surface area (Å²) in [5.41, 5.74) is 3.57. The van der Waals surface area contributed by atoms with Crippen molar-refractivity contribution in [2.75, 3.05) is 18.5 Å². The number of nitrogens with zero attached hydrogens (tertiary/aromatic N) is 1. The zero-order valence-corrected chi connectivity index (χ0v) is 17.4. The van der Waals surface area contributed by atoms with Gasteiger partial charge in [0.2, 0.25) is 5.91 Å². The molecule has 1 aromatic heterocycles. The normalized spacial score (nSPS) is 15.3. The standard InChI is InChI=1S/C23H22N2O4S/c1-2-28-22(27)21-20(16-9-4-3-5-10-16)25-23(30-21)24-19(26)14-18-17-11-7-6-8-15(17)12-13-29-18/h3-11,18H,2,12-14H2,1H3,(H,24,25,26). The van der Waals surface area contributed by atoms with Crippen LogP contribution in [0.25, 0.3) is 11.3 Å². The van der Waals surface area contributed by atoms with E-state index in [-0.39, 0.29) is 25.0 Å². The Morgan fingerprint density at radius 3 is 2.73 bits per heavy atom. The molecule has 0 aliphatic carbocycles. The van der Waals surface area contributed by atoms with Gasteiger partial charge in [-0.3, -0.25) is 4.79 Å². The zero-order chi connectivity index (χ0) is 20.9. The molecular weight excluding hydrogens is 400 g/mol. The summed E-state index contributed by atoms with van der Waals surface area (Å²) in [5, 5.41) is 3.19. The summed E-state index contributed by atoms with van der Waals surface area (Å²) in [6.07, 6.45) is 0.754. The van der Waals surface area contributed by atoms with Crippen LogP contribution in [0, 0.1) is 0 Å². The summed E-state index contributed by atoms with van der Waals surface area (Å²) in [5.74, 6) is -0.653. The summed E-state index contributed by atoms with van der Waals surface area (Å²) in [7, 11) is 0. The van der Waals surface area contributed by atoms with Crippen LogP contribution >= 0.6 is 11.3 Å². The minimum atomic E-state index is -0.445. The minimum absolute atomic E-state index is 0.187. The predicted octanol–water partition coefficient (Wildman–Crippen LogP) is 4.63. The van der Waals surface area contributed by atoms with Crippen molar-refractivity contribution in [2.45, 2.75) is 25.9 Å². The molecule has 2 heterocycles. The number of amides is 1. The van der Waals surface area contributed by atoms with E-state index in [2.05, 4.69) is 16.4 Å². The van der Waals surface area contributed by atoms with Crippen molar-refractivity contribution >= 4 is 28.3 Å². The van der Waals surface area contributed by atoms with E-state index in [1.165, 1.54) is 5.56 Å². The maximum Gasteiger partial charge on any atom is 0.350 e. The van der Waals surface area contributed by atoms with Crippen LogP contribution in [-0.4, -0.2) is 30.1 Å². The Kier molecular flexibility index (Phi) is 6.21. The van der Waals surface area contributed by atoms with E-state index in [0.717, 1.165) is 28.9 Å². The summed E-state index contributed by atoms with van der Waals surface area (Å²) in [6.45, 7) is 2.62. The average molecular weight is 423 g/mol. The minimum Gasteiger partial charge on any atom is -0.462 e. The molecule has 0 radical (unpaired) electrons. The van der Waals surface area contributed by atoms with Gasteiger partial charge in [-0.15, -0.1) is 0 Å². The summed E-state index contributed by atoms with van der Waals surface area (Å²) >= 11 is 1.12. The maximum atomic E-state index is 12.7. The molecule has 154 valence electrons. The monoisotopic (exact) mass is 422 g/mol. The molecule has 2 aromatic carbocycles. The Hall–Kier alpha value is -3.03. The molecule has 7 heteroatoms. The van der Waals surface area contributed by atoms with E-state index in [1.54, 1.807) is 6.92 Å². The van der Waals surface area contributed by atoms with Crippen molar-refractivity contribution in [3.8, 4) is 11.3 Å². The fraction of sp³-hybridized carbons (Fsp3) is 0.261. The first-order valence-corrected chi connectivity index (χ1v) is 10.7. The second kappa shape index (κ2) is 9.19. The van der Waals surface area contributed by atoms with Crippen molar-refractivity contribution in [1.82, 2.24) is 4.98 Å². The van der Waals surface area contributed by atoms with Gasteiger partial charge in [0.05, 0.1) is 31.4 Å². The maximum absolute atomic E-state index is 12.7. The molecule has 1 aliphatic rings. The third kappa shape index (κ3) is 4.42. The van der Waals surface area contributed by atoms with Crippen LogP contribution < -0.4 is 5.32 Å². The molecule has 3 aromatic rings. The van der Waals surface area contributed by atoms with Gasteiger partial charge >= 0.3 is 5.97 Å². The van der Waals surface area contributed by atoms with Crippen LogP contribution in [0.4, 0.5) is 5.13 Å². The number of hydrogen-bond donors (Lipinski definition) is 1. The van der Waals surface area contributed by atoms with Crippen LogP contribution in [-0.2, 0) is 20.7 Å². The molecular formula is C23H22N2O4S. The summed E-state index contributed by atoms with van der Waals surface area (Å²) in [6, 6.07) is 17.4. The van der Waals surface area contributed by atoms with Gasteiger partial charge in [0.1, 0.15) is 4.88 Å². The molecule has 1 atom stereocenters. The van der Waals surface area contributed by atoms with Crippen molar-refractivity contribution in [3.63, 3.8) is 0 Å². The Bertz CT molecular complexity index is 1050. The number of ether oxygens (including phenoxy) is 2. The lowest BCUT2D eigenvalue weighted by Gasteiger charge is -2.25. The van der Waals surface area contributed by atoms with Crippen LogP contribution in [0.1, 0.15) is 40.2 Å². The fourth-order valence-electron chi connectivity index (χ4n) is 3.48. The molecule has 0 spiro atoms. The van der Waals surface area contributed by atoms with Gasteiger partial charge in [-0.1, -0.05) is 65.9 Å². The number of carbonyl (C=O) groups is 2. The smallest absolute Gasteiger partial charge is 0.350 e. The van der Waals surface area contributed by atoms with E-state index in [1.807, 2.05) is 48.5 Å². The second-order valence-electron chi connectivity index (χ2n) is 6.84. The first-order valence-electron chi connectivity index (χ1n) is 9.88. The third-order valence-electron chi connectivity index (χ3n) is 4.84. The number of rotatable bonds is 6. The van der Waals surface area contributed by atoms with Crippen molar-refractivity contribution in [3.05, 3.63) is 70.6 Å². The lowest BCUT2D eigenvalue weighted by Crippen LogP contribution is -2.22. The molecule has 0 saturated heterocycles. The van der Waals surface area contributed by atoms with Gasteiger partial charge < -0.3 is 14.8 Å². The molecule has 0 bridgehead atoms. The van der Waals surface area contributed by atoms with Crippen molar-refractivity contribution in [2.24, 2.45) is 0 Å². The molecule has 0 saturated carbocycles. The molecule has 30 heavy (non-hydrogen) atoms. The highest BCUT2D eigenvalue weighted by molar-refractivity contribution is 7.18. The summed E-state index contributed by atoms with van der Waals surface area (Å²) < 4.78 is 11.0. The number of fused-ring (bicyclic) bond motifs is 1. The number of esters is 1. The Balaban J connectivity index is 1.53. The number of carbonyl (C=O) groups excluding carboxylic acids is 2. The van der Waals surface area contributed by atoms with Gasteiger partial charge in [-0.25, -0.2) is 9.78 Å². The number of nitrogens with one attached hydrogen (secondary N) is 1. The SMILES string of the molecule is CCOC(=O)c1sc(NC(=O)CC2OCCc3ccccc32)nc1-c1ccccc1. The average Bonchev–Trinajstić information content (AvgIpc) is 3.18. The molecule has 1 unspecified atom stereocenters. The highest BCUT2D eigenvalue weighted by Crippen LogP contribution is 2.33. The highest BCUT2D eigenvalue weighted by atomic mass is 32.1. The largest absolute Gasteiger partial charge is 0.462 e. The number of benzene rings is 2. The molecule has 4 rings (SSSR count). The molecule has 1 aliphatic heterocycles. The first kappa shape index (κ1) is 20.3. The predicted molar refractivity (Wildman–Crippen MR) is 116 cm³/mol. The van der Waals surface area contributed by atoms with Crippen LogP contribution in [0.15, 0.2) is 54.6 Å². The van der Waals surface area contributed by atoms with Crippen LogP contribution in [0.5, 0.6) is 0 Å². The van der Waals surface area contributed by atoms with E-state index >= 15 is 0 Å². The fourth-order valence-corrected chi connectivity index (χ4v) is 4.38. The highest BCUT2D eigenvalue weighted by Gasteiger charge is 2.25. The van der Waals surface area contributed by atoms with Gasteiger partial charge in [0, 0.05) is 5.56 Å². The van der Waals surface area contributed by atoms with Gasteiger partial charge in [-0.2, -0.15) is 0 Å². The van der Waals surface area contributed by atoms with Gasteiger partial charge in [0.25, 0.3) is 0 Å². The molecule has 1 N–H and O–H groups in total. The van der Waals surface area contributed by atoms with E-state index in [4.69, 9.17) is 9.47 Å². The second-order valence-corrected chi connectivity index (χ2v) is 7.84. The van der Waals surface area contributed by atoms with Gasteiger partial charge in [0.15, 0.2) is 5.13 Å². The van der Waals surface area contributed by atoms with E-state index < -0.39 is 5.97 Å². The lowest BCUT2D eigenvalue weighted by molar-refractivity contribution is -0.119. The lowest BCUT2D eigenvalue weighted by atomic mass is 9.96. The molecule has 0 fully saturated rings. The Morgan fingerprint density at radius 1 is 1.17 bits per heavy atom. The van der Waals surface area contributed by atoms with Crippen molar-refractivity contribution < 1.29 is 19.1 Å². The van der Waals surface area contributed by atoms with Crippen molar-refractivity contribution in [1.29, 1.82) is 0 Å².